The Balaban J connectivity index is 1.81. The van der Waals surface area contributed by atoms with Gasteiger partial charge in [-0.15, -0.1) is 11.3 Å². The van der Waals surface area contributed by atoms with Gasteiger partial charge in [0.25, 0.3) is 5.56 Å². The maximum Gasteiger partial charge on any atom is 0.346 e. The van der Waals surface area contributed by atoms with Crippen LogP contribution >= 0.6 is 11.3 Å². The molecule has 2 N–H and O–H groups in total. The van der Waals surface area contributed by atoms with Gasteiger partial charge in [0, 0.05) is 5.38 Å². The average molecular weight is 410 g/mol. The zero-order valence-corrected chi connectivity index (χ0v) is 15.8. The van der Waals surface area contributed by atoms with Gasteiger partial charge >= 0.3 is 11.7 Å². The first-order valence-corrected chi connectivity index (χ1v) is 9.66. The fraction of sp³-hybridized carbons (Fsp3) is 0.0952. The standard InChI is InChI=1S/C21H15FN2O4S/c22-14-9-8-13(7-6-12-4-2-1-3-5-12)10-16(14)24-19(25)17-15(23-21(24)28)11-29-18(17)20(26)27/h1-5,8-11H,6-7H2,(H,23,28)(H,26,27). The topological polar surface area (TPSA) is 92.2 Å². The van der Waals surface area contributed by atoms with E-state index in [1.165, 1.54) is 17.5 Å². The van der Waals surface area contributed by atoms with Gasteiger partial charge in [-0.1, -0.05) is 36.4 Å². The number of fused-ring (bicyclic) bond motifs is 1. The van der Waals surface area contributed by atoms with E-state index < -0.39 is 23.0 Å². The second-order valence-electron chi connectivity index (χ2n) is 6.50. The van der Waals surface area contributed by atoms with Crippen LogP contribution in [0.25, 0.3) is 16.6 Å². The molecule has 4 aromatic rings. The second-order valence-corrected chi connectivity index (χ2v) is 7.38. The molecule has 0 saturated heterocycles. The highest BCUT2D eigenvalue weighted by atomic mass is 32.1. The van der Waals surface area contributed by atoms with E-state index in [9.17, 15) is 23.9 Å². The number of H-pyrrole nitrogens is 1. The third-order valence-electron chi connectivity index (χ3n) is 4.64. The molecular formula is C21H15FN2O4S. The normalized spacial score (nSPS) is 11.1. The highest BCUT2D eigenvalue weighted by Crippen LogP contribution is 2.21. The first-order chi connectivity index (χ1) is 14.0. The van der Waals surface area contributed by atoms with Crippen LogP contribution in [0, 0.1) is 5.82 Å². The molecule has 6 nitrogen and oxygen atoms in total. The number of aryl methyl sites for hydroxylation is 2. The van der Waals surface area contributed by atoms with E-state index in [0.717, 1.165) is 22.5 Å². The lowest BCUT2D eigenvalue weighted by molar-refractivity contribution is 0.0704. The number of carboxylic acids is 1. The summed E-state index contributed by atoms with van der Waals surface area (Å²) in [7, 11) is 0. The molecule has 0 unspecified atom stereocenters. The minimum atomic E-state index is -1.28. The van der Waals surface area contributed by atoms with Crippen molar-refractivity contribution in [3.8, 4) is 5.69 Å². The Bertz CT molecular complexity index is 1340. The van der Waals surface area contributed by atoms with Gasteiger partial charge in [-0.3, -0.25) is 4.79 Å². The Morgan fingerprint density at radius 3 is 2.52 bits per heavy atom. The van der Waals surface area contributed by atoms with Gasteiger partial charge in [0.1, 0.15) is 10.7 Å². The molecule has 0 aliphatic rings. The van der Waals surface area contributed by atoms with Crippen molar-refractivity contribution >= 4 is 28.2 Å². The Morgan fingerprint density at radius 2 is 1.79 bits per heavy atom. The van der Waals surface area contributed by atoms with Gasteiger partial charge in [0.15, 0.2) is 0 Å². The zero-order chi connectivity index (χ0) is 20.5. The Hall–Kier alpha value is -3.52. The van der Waals surface area contributed by atoms with Gasteiger partial charge < -0.3 is 10.1 Å². The van der Waals surface area contributed by atoms with E-state index in [1.54, 1.807) is 6.07 Å². The van der Waals surface area contributed by atoms with Crippen LogP contribution in [0.2, 0.25) is 0 Å². The van der Waals surface area contributed by atoms with Crippen LogP contribution in [-0.2, 0) is 12.8 Å². The minimum Gasteiger partial charge on any atom is -0.477 e. The lowest BCUT2D eigenvalue weighted by atomic mass is 10.0. The molecule has 0 aliphatic heterocycles. The number of rotatable bonds is 5. The number of aromatic carboxylic acids is 1. The van der Waals surface area contributed by atoms with Gasteiger partial charge in [0.2, 0.25) is 0 Å². The number of hydrogen-bond acceptors (Lipinski definition) is 4. The molecule has 0 spiro atoms. The number of carbonyl (C=O) groups is 1. The van der Waals surface area contributed by atoms with E-state index in [-0.39, 0.29) is 21.5 Å². The van der Waals surface area contributed by atoms with E-state index in [1.807, 2.05) is 30.3 Å². The van der Waals surface area contributed by atoms with Crippen molar-refractivity contribution in [2.75, 3.05) is 0 Å². The lowest BCUT2D eigenvalue weighted by Crippen LogP contribution is -2.34. The first-order valence-electron chi connectivity index (χ1n) is 8.78. The molecule has 2 aromatic heterocycles. The van der Waals surface area contributed by atoms with Crippen LogP contribution in [0.4, 0.5) is 4.39 Å². The van der Waals surface area contributed by atoms with Crippen molar-refractivity contribution in [3.63, 3.8) is 0 Å². The monoisotopic (exact) mass is 410 g/mol. The number of aromatic nitrogens is 2. The van der Waals surface area contributed by atoms with Crippen molar-refractivity contribution in [2.45, 2.75) is 12.8 Å². The van der Waals surface area contributed by atoms with Crippen LogP contribution < -0.4 is 11.2 Å². The third kappa shape index (κ3) is 3.50. The van der Waals surface area contributed by atoms with Gasteiger partial charge in [-0.2, -0.15) is 0 Å². The first kappa shape index (κ1) is 18.8. The zero-order valence-electron chi connectivity index (χ0n) is 15.0. The molecule has 0 saturated carbocycles. The number of halogens is 1. The Kier molecular flexibility index (Phi) is 4.85. The Morgan fingerprint density at radius 1 is 1.07 bits per heavy atom. The number of hydrogen-bond donors (Lipinski definition) is 2. The summed E-state index contributed by atoms with van der Waals surface area (Å²) >= 11 is 0.834. The van der Waals surface area contributed by atoms with Crippen molar-refractivity contribution in [1.29, 1.82) is 0 Å². The summed E-state index contributed by atoms with van der Waals surface area (Å²) in [6.45, 7) is 0. The molecule has 0 amide bonds. The molecule has 0 radical (unpaired) electrons. The third-order valence-corrected chi connectivity index (χ3v) is 5.61. The van der Waals surface area contributed by atoms with Crippen LogP contribution in [0.15, 0.2) is 63.5 Å². The number of thiophene rings is 1. The summed E-state index contributed by atoms with van der Waals surface area (Å²) in [6.07, 6.45) is 1.30. The molecule has 0 atom stereocenters. The van der Waals surface area contributed by atoms with Gasteiger partial charge in [0.05, 0.1) is 16.6 Å². The van der Waals surface area contributed by atoms with E-state index in [4.69, 9.17) is 0 Å². The minimum absolute atomic E-state index is 0.124. The SMILES string of the molecule is O=C(O)c1scc2[nH]c(=O)n(-c3cc(CCc4ccccc4)ccc3F)c(=O)c12. The number of aromatic amines is 1. The van der Waals surface area contributed by atoms with Crippen molar-refractivity contribution in [1.82, 2.24) is 9.55 Å². The summed E-state index contributed by atoms with van der Waals surface area (Å²) in [5.41, 5.74) is 0.100. The van der Waals surface area contributed by atoms with E-state index in [0.29, 0.717) is 17.4 Å². The summed E-state index contributed by atoms with van der Waals surface area (Å²) in [4.78, 5) is 39.0. The maximum absolute atomic E-state index is 14.5. The second kappa shape index (κ2) is 7.48. The molecule has 4 rings (SSSR count). The average Bonchev–Trinajstić information content (AvgIpc) is 3.13. The molecule has 0 bridgehead atoms. The summed E-state index contributed by atoms with van der Waals surface area (Å²) in [6, 6.07) is 14.0. The molecule has 2 heterocycles. The molecule has 0 fully saturated rings. The van der Waals surface area contributed by atoms with E-state index >= 15 is 0 Å². The highest BCUT2D eigenvalue weighted by Gasteiger charge is 2.20. The molecule has 146 valence electrons. The number of nitrogens with one attached hydrogen (secondary N) is 1. The predicted molar refractivity (Wildman–Crippen MR) is 109 cm³/mol. The molecule has 2 aromatic carbocycles. The summed E-state index contributed by atoms with van der Waals surface area (Å²) in [5.74, 6) is -2.02. The molecular weight excluding hydrogens is 395 g/mol. The molecule has 29 heavy (non-hydrogen) atoms. The van der Waals surface area contributed by atoms with Crippen molar-refractivity contribution in [3.05, 3.63) is 96.6 Å². The highest BCUT2D eigenvalue weighted by molar-refractivity contribution is 7.13. The van der Waals surface area contributed by atoms with Crippen LogP contribution in [0.5, 0.6) is 0 Å². The fourth-order valence-electron chi connectivity index (χ4n) is 3.23. The largest absolute Gasteiger partial charge is 0.477 e. The maximum atomic E-state index is 14.5. The van der Waals surface area contributed by atoms with E-state index in [2.05, 4.69) is 4.98 Å². The quantitative estimate of drug-likeness (QED) is 0.528. The number of nitrogens with zero attached hydrogens (tertiary/aromatic N) is 1. The van der Waals surface area contributed by atoms with Crippen molar-refractivity contribution < 1.29 is 14.3 Å². The number of benzene rings is 2. The lowest BCUT2D eigenvalue weighted by Gasteiger charge is -2.09. The van der Waals surface area contributed by atoms with Crippen molar-refractivity contribution in [2.24, 2.45) is 0 Å². The van der Waals surface area contributed by atoms with Gasteiger partial charge in [-0.25, -0.2) is 18.5 Å². The number of carboxylic acid groups (broad SMARTS) is 1. The smallest absolute Gasteiger partial charge is 0.346 e. The van der Waals surface area contributed by atoms with Crippen LogP contribution in [0.1, 0.15) is 20.8 Å². The molecule has 8 heteroatoms. The fourth-order valence-corrected chi connectivity index (χ4v) is 4.06. The molecule has 0 aliphatic carbocycles. The van der Waals surface area contributed by atoms with Gasteiger partial charge in [-0.05, 0) is 36.1 Å². The van der Waals surface area contributed by atoms with Crippen LogP contribution in [0.3, 0.4) is 0 Å². The predicted octanol–water partition coefficient (Wildman–Crippen LogP) is 3.36. The summed E-state index contributed by atoms with van der Waals surface area (Å²) < 4.78 is 15.2. The Labute approximate surface area is 167 Å². The van der Waals surface area contributed by atoms with Crippen LogP contribution in [-0.4, -0.2) is 20.6 Å². The summed E-state index contributed by atoms with van der Waals surface area (Å²) in [5, 5.41) is 10.5.